The Hall–Kier alpha value is -2.95. The van der Waals surface area contributed by atoms with Crippen LogP contribution in [-0.2, 0) is 4.79 Å². The molecule has 5 nitrogen and oxygen atoms in total. The SMILES string of the molecule is C=CC(=O)Oc1ccc(/N=N/c2ccc(N)cc2)cc1C. The standard InChI is InChI=1S/C16H15N3O2/c1-3-16(20)21-15-9-8-14(10-11(15)2)19-18-13-6-4-12(17)5-7-13/h3-10H,1,17H2,2H3/b19-18+. The van der Waals surface area contributed by atoms with Crippen molar-refractivity contribution in [2.75, 3.05) is 5.73 Å². The molecule has 2 aromatic carbocycles. The maximum absolute atomic E-state index is 11.2. The van der Waals surface area contributed by atoms with Crippen molar-refractivity contribution in [3.05, 3.63) is 60.7 Å². The molecule has 2 rings (SSSR count). The summed E-state index contributed by atoms with van der Waals surface area (Å²) in [4.78, 5) is 11.2. The number of benzene rings is 2. The van der Waals surface area contributed by atoms with E-state index in [9.17, 15) is 4.79 Å². The Morgan fingerprint density at radius 1 is 1.14 bits per heavy atom. The Morgan fingerprint density at radius 2 is 1.76 bits per heavy atom. The van der Waals surface area contributed by atoms with Gasteiger partial charge in [0.1, 0.15) is 5.75 Å². The van der Waals surface area contributed by atoms with Gasteiger partial charge in [0.15, 0.2) is 0 Å². The van der Waals surface area contributed by atoms with Gasteiger partial charge in [0.25, 0.3) is 0 Å². The first-order valence-electron chi connectivity index (χ1n) is 6.30. The number of hydrogen-bond acceptors (Lipinski definition) is 5. The van der Waals surface area contributed by atoms with Crippen LogP contribution in [0.5, 0.6) is 5.75 Å². The van der Waals surface area contributed by atoms with Crippen LogP contribution in [0.4, 0.5) is 17.1 Å². The number of hydrogen-bond donors (Lipinski definition) is 1. The minimum atomic E-state index is -0.491. The predicted octanol–water partition coefficient (Wildman–Crippen LogP) is 4.08. The summed E-state index contributed by atoms with van der Waals surface area (Å²) in [5.74, 6) is -0.0133. The van der Waals surface area contributed by atoms with Crippen molar-refractivity contribution in [2.24, 2.45) is 10.2 Å². The number of rotatable bonds is 4. The van der Waals surface area contributed by atoms with Crippen molar-refractivity contribution in [2.45, 2.75) is 6.92 Å². The normalized spacial score (nSPS) is 10.5. The number of ether oxygens (including phenoxy) is 1. The summed E-state index contributed by atoms with van der Waals surface area (Å²) in [7, 11) is 0. The molecule has 2 N–H and O–H groups in total. The van der Waals surface area contributed by atoms with Crippen LogP contribution in [-0.4, -0.2) is 5.97 Å². The molecule has 0 unspecified atom stereocenters. The van der Waals surface area contributed by atoms with Crippen LogP contribution < -0.4 is 10.5 Å². The Kier molecular flexibility index (Phi) is 4.46. The second kappa shape index (κ2) is 6.47. The van der Waals surface area contributed by atoms with Crippen LogP contribution >= 0.6 is 0 Å². The van der Waals surface area contributed by atoms with Gasteiger partial charge in [0.05, 0.1) is 11.4 Å². The summed E-state index contributed by atoms with van der Waals surface area (Å²) < 4.78 is 5.08. The van der Waals surface area contributed by atoms with E-state index < -0.39 is 5.97 Å². The molecule has 0 saturated carbocycles. The van der Waals surface area contributed by atoms with Gasteiger partial charge in [-0.05, 0) is 55.0 Å². The molecule has 0 spiro atoms. The van der Waals surface area contributed by atoms with Crippen molar-refractivity contribution in [3.8, 4) is 5.75 Å². The average molecular weight is 281 g/mol. The summed E-state index contributed by atoms with van der Waals surface area (Å²) in [6.45, 7) is 5.18. The fourth-order valence-electron chi connectivity index (χ4n) is 1.62. The van der Waals surface area contributed by atoms with E-state index in [0.717, 1.165) is 11.6 Å². The van der Waals surface area contributed by atoms with Gasteiger partial charge in [-0.25, -0.2) is 4.79 Å². The zero-order valence-corrected chi connectivity index (χ0v) is 11.6. The van der Waals surface area contributed by atoms with E-state index in [4.69, 9.17) is 10.5 Å². The highest BCUT2D eigenvalue weighted by Crippen LogP contribution is 2.25. The summed E-state index contributed by atoms with van der Waals surface area (Å²) in [6.07, 6.45) is 1.12. The van der Waals surface area contributed by atoms with E-state index in [1.807, 2.05) is 6.92 Å². The third-order valence-corrected chi connectivity index (χ3v) is 2.71. The minimum absolute atomic E-state index is 0.478. The third kappa shape index (κ3) is 4.01. The zero-order chi connectivity index (χ0) is 15.2. The molecule has 0 amide bonds. The summed E-state index contributed by atoms with van der Waals surface area (Å²) in [5.41, 5.74) is 8.45. The van der Waals surface area contributed by atoms with Crippen molar-refractivity contribution in [1.82, 2.24) is 0 Å². The molecular formula is C16H15N3O2. The highest BCUT2D eigenvalue weighted by atomic mass is 16.5. The number of aryl methyl sites for hydroxylation is 1. The van der Waals surface area contributed by atoms with Gasteiger partial charge in [-0.2, -0.15) is 10.2 Å². The number of esters is 1. The molecule has 0 atom stereocenters. The Bertz CT molecular complexity index is 691. The van der Waals surface area contributed by atoms with Crippen LogP contribution in [0, 0.1) is 6.92 Å². The van der Waals surface area contributed by atoms with E-state index in [1.165, 1.54) is 0 Å². The van der Waals surface area contributed by atoms with Gasteiger partial charge in [-0.3, -0.25) is 0 Å². The average Bonchev–Trinajstić information content (AvgIpc) is 2.49. The van der Waals surface area contributed by atoms with Crippen molar-refractivity contribution >= 4 is 23.0 Å². The first kappa shape index (κ1) is 14.5. The van der Waals surface area contributed by atoms with E-state index in [-0.39, 0.29) is 0 Å². The van der Waals surface area contributed by atoms with E-state index in [2.05, 4.69) is 16.8 Å². The molecule has 0 aromatic heterocycles. The lowest BCUT2D eigenvalue weighted by Gasteiger charge is -2.05. The number of azo groups is 1. The van der Waals surface area contributed by atoms with Crippen LogP contribution in [0.25, 0.3) is 0 Å². The molecule has 2 aromatic rings. The molecule has 0 bridgehead atoms. The lowest BCUT2D eigenvalue weighted by molar-refractivity contribution is -0.129. The quantitative estimate of drug-likeness (QED) is 0.301. The van der Waals surface area contributed by atoms with E-state index >= 15 is 0 Å². The second-order valence-corrected chi connectivity index (χ2v) is 4.37. The molecule has 0 aliphatic heterocycles. The number of anilines is 1. The number of nitrogens with zero attached hydrogens (tertiary/aromatic N) is 2. The highest BCUT2D eigenvalue weighted by Gasteiger charge is 2.04. The molecule has 0 radical (unpaired) electrons. The number of carbonyl (C=O) groups is 1. The lowest BCUT2D eigenvalue weighted by atomic mass is 10.2. The molecular weight excluding hydrogens is 266 g/mol. The van der Waals surface area contributed by atoms with Gasteiger partial charge in [-0.15, -0.1) is 0 Å². The van der Waals surface area contributed by atoms with E-state index in [1.54, 1.807) is 42.5 Å². The topological polar surface area (TPSA) is 77.0 Å². The maximum Gasteiger partial charge on any atom is 0.335 e. The minimum Gasteiger partial charge on any atom is -0.423 e. The first-order valence-corrected chi connectivity index (χ1v) is 6.30. The van der Waals surface area contributed by atoms with Crippen LogP contribution in [0.3, 0.4) is 0 Å². The highest BCUT2D eigenvalue weighted by molar-refractivity contribution is 5.83. The molecule has 106 valence electrons. The molecule has 0 fully saturated rings. The van der Waals surface area contributed by atoms with Crippen molar-refractivity contribution < 1.29 is 9.53 Å². The lowest BCUT2D eigenvalue weighted by Crippen LogP contribution is -2.03. The van der Waals surface area contributed by atoms with Crippen LogP contribution in [0.2, 0.25) is 0 Å². The Balaban J connectivity index is 2.14. The van der Waals surface area contributed by atoms with E-state index in [0.29, 0.717) is 22.8 Å². The van der Waals surface area contributed by atoms with Gasteiger partial charge in [0.2, 0.25) is 0 Å². The smallest absolute Gasteiger partial charge is 0.335 e. The van der Waals surface area contributed by atoms with Gasteiger partial charge in [0, 0.05) is 11.8 Å². The molecule has 0 aliphatic carbocycles. The molecule has 21 heavy (non-hydrogen) atoms. The van der Waals surface area contributed by atoms with Crippen LogP contribution in [0.1, 0.15) is 5.56 Å². The number of nitrogen functional groups attached to an aromatic ring is 1. The van der Waals surface area contributed by atoms with Crippen molar-refractivity contribution in [1.29, 1.82) is 0 Å². The maximum atomic E-state index is 11.2. The molecule has 0 heterocycles. The fraction of sp³-hybridized carbons (Fsp3) is 0.0625. The Labute approximate surface area is 122 Å². The number of nitrogens with two attached hydrogens (primary N) is 1. The van der Waals surface area contributed by atoms with Crippen LogP contribution in [0.15, 0.2) is 65.3 Å². The fourth-order valence-corrected chi connectivity index (χ4v) is 1.62. The first-order chi connectivity index (χ1) is 10.1. The molecule has 0 aliphatic rings. The van der Waals surface area contributed by atoms with Gasteiger partial charge in [-0.1, -0.05) is 6.58 Å². The Morgan fingerprint density at radius 3 is 2.38 bits per heavy atom. The molecule has 0 saturated heterocycles. The largest absolute Gasteiger partial charge is 0.423 e. The second-order valence-electron chi connectivity index (χ2n) is 4.37. The van der Waals surface area contributed by atoms with Crippen molar-refractivity contribution in [3.63, 3.8) is 0 Å². The zero-order valence-electron chi connectivity index (χ0n) is 11.6. The van der Waals surface area contributed by atoms with Gasteiger partial charge < -0.3 is 10.5 Å². The summed E-state index contributed by atoms with van der Waals surface area (Å²) in [5, 5.41) is 8.24. The summed E-state index contributed by atoms with van der Waals surface area (Å²) >= 11 is 0. The molecule has 5 heteroatoms. The monoisotopic (exact) mass is 281 g/mol. The third-order valence-electron chi connectivity index (χ3n) is 2.71. The predicted molar refractivity (Wildman–Crippen MR) is 82.0 cm³/mol. The summed E-state index contributed by atoms with van der Waals surface area (Å²) in [6, 6.07) is 12.3. The van der Waals surface area contributed by atoms with Gasteiger partial charge >= 0.3 is 5.97 Å². The number of carbonyl (C=O) groups excluding carboxylic acids is 1.